The van der Waals surface area contributed by atoms with Crippen LogP contribution in [0.5, 0.6) is 5.75 Å². The maximum atomic E-state index is 12.2. The highest BCUT2D eigenvalue weighted by atomic mass is 16.5. The Bertz CT molecular complexity index is 561. The van der Waals surface area contributed by atoms with Crippen molar-refractivity contribution >= 4 is 11.9 Å². The summed E-state index contributed by atoms with van der Waals surface area (Å²) in [7, 11) is 3.31. The fourth-order valence-electron chi connectivity index (χ4n) is 2.67. The summed E-state index contributed by atoms with van der Waals surface area (Å²) >= 11 is 0. The van der Waals surface area contributed by atoms with E-state index in [0.717, 1.165) is 11.3 Å². The van der Waals surface area contributed by atoms with Crippen LogP contribution in [0.2, 0.25) is 0 Å². The van der Waals surface area contributed by atoms with Gasteiger partial charge in [0.25, 0.3) is 0 Å². The number of nitrogens with zero attached hydrogens (tertiary/aromatic N) is 1. The largest absolute Gasteiger partial charge is 0.494 e. The number of nitrogens with one attached hydrogen (secondary N) is 2. The minimum atomic E-state index is -0.460. The highest BCUT2D eigenvalue weighted by Crippen LogP contribution is 2.18. The molecule has 2 unspecified atom stereocenters. The van der Waals surface area contributed by atoms with Gasteiger partial charge in [-0.1, -0.05) is 12.1 Å². The van der Waals surface area contributed by atoms with Gasteiger partial charge in [-0.2, -0.15) is 0 Å². The number of likely N-dealkylation sites (tertiary alicyclic amines) is 1. The molecular weight excluding hydrogens is 310 g/mol. The number of amides is 3. The molecule has 0 aliphatic carbocycles. The van der Waals surface area contributed by atoms with E-state index in [4.69, 9.17) is 9.47 Å². The molecule has 1 saturated heterocycles. The van der Waals surface area contributed by atoms with Crippen molar-refractivity contribution in [3.63, 3.8) is 0 Å². The first-order valence-corrected chi connectivity index (χ1v) is 8.08. The van der Waals surface area contributed by atoms with E-state index >= 15 is 0 Å². The summed E-state index contributed by atoms with van der Waals surface area (Å²) in [6.07, 6.45) is 0.626. The SMILES string of the molecule is CCOc1ccc(C(COC)NC(=O)NC2CCN(C)C2=O)cc1. The summed E-state index contributed by atoms with van der Waals surface area (Å²) in [5.41, 5.74) is 0.908. The Morgan fingerprint density at radius 2 is 2.08 bits per heavy atom. The lowest BCUT2D eigenvalue weighted by Gasteiger charge is -2.20. The van der Waals surface area contributed by atoms with Gasteiger partial charge >= 0.3 is 6.03 Å². The molecule has 2 N–H and O–H groups in total. The number of ether oxygens (including phenoxy) is 2. The minimum absolute atomic E-state index is 0.0606. The summed E-state index contributed by atoms with van der Waals surface area (Å²) < 4.78 is 10.6. The van der Waals surface area contributed by atoms with E-state index in [0.29, 0.717) is 26.2 Å². The van der Waals surface area contributed by atoms with Gasteiger partial charge < -0.3 is 25.0 Å². The number of urea groups is 1. The third-order valence-corrected chi connectivity index (χ3v) is 3.96. The van der Waals surface area contributed by atoms with E-state index in [1.807, 2.05) is 31.2 Å². The van der Waals surface area contributed by atoms with Gasteiger partial charge in [0.15, 0.2) is 0 Å². The Kier molecular flexibility index (Phi) is 6.43. The Balaban J connectivity index is 1.97. The van der Waals surface area contributed by atoms with E-state index in [1.54, 1.807) is 19.1 Å². The lowest BCUT2D eigenvalue weighted by atomic mass is 10.1. The first-order valence-electron chi connectivity index (χ1n) is 8.08. The quantitative estimate of drug-likeness (QED) is 0.787. The van der Waals surface area contributed by atoms with Crippen molar-refractivity contribution in [2.75, 3.05) is 33.9 Å². The molecule has 2 atom stereocenters. The van der Waals surface area contributed by atoms with Gasteiger partial charge in [-0.05, 0) is 31.0 Å². The van der Waals surface area contributed by atoms with Crippen molar-refractivity contribution in [3.8, 4) is 5.75 Å². The standard InChI is InChI=1S/C17H25N3O4/c1-4-24-13-7-5-12(6-8-13)15(11-23-3)19-17(22)18-14-9-10-20(2)16(14)21/h5-8,14-15H,4,9-11H2,1-3H3,(H2,18,19,22). The predicted octanol–water partition coefficient (Wildman–Crippen LogP) is 1.30. The van der Waals surface area contributed by atoms with Gasteiger partial charge in [-0.15, -0.1) is 0 Å². The van der Waals surface area contributed by atoms with Crippen LogP contribution in [-0.2, 0) is 9.53 Å². The average molecular weight is 335 g/mol. The summed E-state index contributed by atoms with van der Waals surface area (Å²) in [6.45, 7) is 3.52. The third-order valence-electron chi connectivity index (χ3n) is 3.96. The second-order valence-corrected chi connectivity index (χ2v) is 5.73. The molecule has 1 heterocycles. The fraction of sp³-hybridized carbons (Fsp3) is 0.529. The molecule has 1 aromatic carbocycles. The van der Waals surface area contributed by atoms with Crippen LogP contribution in [0.4, 0.5) is 4.79 Å². The van der Waals surface area contributed by atoms with E-state index in [2.05, 4.69) is 10.6 Å². The van der Waals surface area contributed by atoms with Crippen LogP contribution in [0.1, 0.15) is 24.9 Å². The molecule has 0 aromatic heterocycles. The van der Waals surface area contributed by atoms with Crippen molar-refractivity contribution < 1.29 is 19.1 Å². The van der Waals surface area contributed by atoms with Crippen LogP contribution in [0.3, 0.4) is 0 Å². The van der Waals surface area contributed by atoms with Crippen molar-refractivity contribution in [1.29, 1.82) is 0 Å². The molecule has 7 heteroatoms. The van der Waals surface area contributed by atoms with Crippen molar-refractivity contribution in [2.45, 2.75) is 25.4 Å². The maximum Gasteiger partial charge on any atom is 0.316 e. The predicted molar refractivity (Wildman–Crippen MR) is 89.9 cm³/mol. The molecule has 7 nitrogen and oxygen atoms in total. The summed E-state index contributed by atoms with van der Waals surface area (Å²) in [6, 6.07) is 6.36. The zero-order chi connectivity index (χ0) is 17.5. The molecule has 1 aromatic rings. The van der Waals surface area contributed by atoms with Crippen molar-refractivity contribution in [1.82, 2.24) is 15.5 Å². The highest BCUT2D eigenvalue weighted by Gasteiger charge is 2.30. The number of rotatable bonds is 7. The van der Waals surface area contributed by atoms with E-state index in [9.17, 15) is 9.59 Å². The van der Waals surface area contributed by atoms with E-state index in [1.165, 1.54) is 0 Å². The van der Waals surface area contributed by atoms with E-state index in [-0.39, 0.29) is 18.0 Å². The Hall–Kier alpha value is -2.28. The lowest BCUT2D eigenvalue weighted by molar-refractivity contribution is -0.128. The molecule has 0 bridgehead atoms. The second-order valence-electron chi connectivity index (χ2n) is 5.73. The van der Waals surface area contributed by atoms with Crippen LogP contribution < -0.4 is 15.4 Å². The zero-order valence-corrected chi connectivity index (χ0v) is 14.4. The molecule has 0 radical (unpaired) electrons. The van der Waals surface area contributed by atoms with Crippen LogP contribution in [0.25, 0.3) is 0 Å². The number of likely N-dealkylation sites (N-methyl/N-ethyl adjacent to an activating group) is 1. The number of methoxy groups -OCH3 is 1. The summed E-state index contributed by atoms with van der Waals surface area (Å²) in [5, 5.41) is 5.59. The number of hydrogen-bond acceptors (Lipinski definition) is 4. The molecule has 0 saturated carbocycles. The second kappa shape index (κ2) is 8.54. The van der Waals surface area contributed by atoms with Gasteiger partial charge in [0, 0.05) is 20.7 Å². The lowest BCUT2D eigenvalue weighted by Crippen LogP contribution is -2.47. The van der Waals surface area contributed by atoms with E-state index < -0.39 is 6.04 Å². The number of benzene rings is 1. The minimum Gasteiger partial charge on any atom is -0.494 e. The molecule has 1 fully saturated rings. The van der Waals surface area contributed by atoms with Crippen LogP contribution >= 0.6 is 0 Å². The van der Waals surface area contributed by atoms with Gasteiger partial charge in [-0.3, -0.25) is 4.79 Å². The normalized spacial score (nSPS) is 18.4. The van der Waals surface area contributed by atoms with Gasteiger partial charge in [0.05, 0.1) is 19.3 Å². The van der Waals surface area contributed by atoms with Gasteiger partial charge in [0.1, 0.15) is 11.8 Å². The maximum absolute atomic E-state index is 12.2. The molecule has 0 spiro atoms. The molecule has 1 aliphatic heterocycles. The highest BCUT2D eigenvalue weighted by molar-refractivity contribution is 5.88. The summed E-state index contributed by atoms with van der Waals surface area (Å²) in [4.78, 5) is 25.7. The van der Waals surface area contributed by atoms with Crippen molar-refractivity contribution in [2.24, 2.45) is 0 Å². The molecule has 132 valence electrons. The Morgan fingerprint density at radius 3 is 2.62 bits per heavy atom. The average Bonchev–Trinajstić information content (AvgIpc) is 2.87. The van der Waals surface area contributed by atoms with Gasteiger partial charge in [-0.25, -0.2) is 4.79 Å². The Labute approximate surface area is 142 Å². The Morgan fingerprint density at radius 1 is 1.38 bits per heavy atom. The summed E-state index contributed by atoms with van der Waals surface area (Å²) in [5.74, 6) is 0.718. The molecule has 1 aliphatic rings. The third kappa shape index (κ3) is 4.61. The van der Waals surface area contributed by atoms with Crippen LogP contribution in [0, 0.1) is 0 Å². The number of carbonyl (C=O) groups is 2. The first-order chi connectivity index (χ1) is 11.5. The first kappa shape index (κ1) is 18.1. The number of carbonyl (C=O) groups excluding carboxylic acids is 2. The molecule has 24 heavy (non-hydrogen) atoms. The van der Waals surface area contributed by atoms with Gasteiger partial charge in [0.2, 0.25) is 5.91 Å². The zero-order valence-electron chi connectivity index (χ0n) is 14.4. The topological polar surface area (TPSA) is 79.9 Å². The smallest absolute Gasteiger partial charge is 0.316 e. The molecule has 3 amide bonds. The van der Waals surface area contributed by atoms with Crippen molar-refractivity contribution in [3.05, 3.63) is 29.8 Å². The fourth-order valence-corrected chi connectivity index (χ4v) is 2.67. The number of hydrogen-bond donors (Lipinski definition) is 2. The molecular formula is C17H25N3O4. The monoisotopic (exact) mass is 335 g/mol. The van der Waals surface area contributed by atoms with Crippen LogP contribution in [0.15, 0.2) is 24.3 Å². The molecule has 2 rings (SSSR count). The van der Waals surface area contributed by atoms with Crippen LogP contribution in [-0.4, -0.2) is 56.8 Å².